The third-order valence-corrected chi connectivity index (χ3v) is 7.66. The number of hydrogen-bond donors (Lipinski definition) is 4. The number of nitrogens with one attached hydrogen (secondary N) is 1. The molecule has 1 aliphatic rings. The summed E-state index contributed by atoms with van der Waals surface area (Å²) in [6.45, 7) is 2.57. The van der Waals surface area contributed by atoms with Crippen LogP contribution >= 0.6 is 0 Å². The molecule has 4 N–H and O–H groups in total. The summed E-state index contributed by atoms with van der Waals surface area (Å²) in [6, 6.07) is 11.3. The quantitative estimate of drug-likeness (QED) is 0.400. The first-order chi connectivity index (χ1) is 16.4. The lowest BCUT2D eigenvalue weighted by molar-refractivity contribution is -0.244. The fourth-order valence-corrected chi connectivity index (χ4v) is 4.82. The molecule has 0 bridgehead atoms. The van der Waals surface area contributed by atoms with E-state index in [1.165, 1.54) is 25.3 Å². The number of benzene rings is 2. The molecule has 11 heteroatoms. The number of ether oxygens (including phenoxy) is 2. The van der Waals surface area contributed by atoms with E-state index in [-0.39, 0.29) is 5.75 Å². The van der Waals surface area contributed by atoms with E-state index in [0.29, 0.717) is 22.4 Å². The fourth-order valence-electron chi connectivity index (χ4n) is 3.96. The summed E-state index contributed by atoms with van der Waals surface area (Å²) >= 11 is 0. The summed E-state index contributed by atoms with van der Waals surface area (Å²) in [6.07, 6.45) is -5.20. The molecule has 0 aromatic heterocycles. The molecule has 0 aliphatic carbocycles. The van der Waals surface area contributed by atoms with Gasteiger partial charge in [0.15, 0.2) is 0 Å². The van der Waals surface area contributed by atoms with E-state index in [4.69, 9.17) is 9.47 Å². The third-order valence-electron chi connectivity index (χ3n) is 5.85. The van der Waals surface area contributed by atoms with Crippen molar-refractivity contribution in [1.29, 1.82) is 0 Å². The number of aliphatic hydroxyl groups excluding tert-OH is 3. The number of carbonyl (C=O) groups is 1. The predicted octanol–water partition coefficient (Wildman–Crippen LogP) is 0.376. The highest BCUT2D eigenvalue weighted by molar-refractivity contribution is 7.88. The van der Waals surface area contributed by atoms with Crippen molar-refractivity contribution in [3.8, 4) is 16.9 Å². The lowest BCUT2D eigenvalue weighted by atomic mass is 9.96. The van der Waals surface area contributed by atoms with Gasteiger partial charge in [0, 0.05) is 26.6 Å². The molecule has 0 unspecified atom stereocenters. The molecule has 5 atom stereocenters. The Balaban J connectivity index is 1.99. The minimum Gasteiger partial charge on any atom is -0.462 e. The Hall–Kier alpha value is -2.54. The maximum atomic E-state index is 12.4. The highest BCUT2D eigenvalue weighted by Gasteiger charge is 2.46. The van der Waals surface area contributed by atoms with Gasteiger partial charge in [-0.15, -0.1) is 0 Å². The molecule has 0 spiro atoms. The van der Waals surface area contributed by atoms with E-state index in [0.717, 1.165) is 5.56 Å². The van der Waals surface area contributed by atoms with Crippen LogP contribution in [0.2, 0.25) is 0 Å². The number of sulfonamides is 1. The van der Waals surface area contributed by atoms with Crippen molar-refractivity contribution >= 4 is 15.9 Å². The zero-order valence-electron chi connectivity index (χ0n) is 20.1. The normalized spacial score (nSPS) is 24.9. The summed E-state index contributed by atoms with van der Waals surface area (Å²) in [4.78, 5) is 11.7. The molecular weight excluding hydrogens is 476 g/mol. The molecule has 1 saturated heterocycles. The van der Waals surface area contributed by atoms with Crippen molar-refractivity contribution in [2.75, 3.05) is 20.7 Å². The van der Waals surface area contributed by atoms with Crippen LogP contribution in [-0.4, -0.2) is 85.3 Å². The van der Waals surface area contributed by atoms with Crippen molar-refractivity contribution < 1.29 is 38.0 Å². The van der Waals surface area contributed by atoms with Crippen LogP contribution in [0.4, 0.5) is 0 Å². The number of nitrogens with zero attached hydrogens (tertiary/aromatic N) is 1. The zero-order chi connectivity index (χ0) is 25.9. The molecule has 35 heavy (non-hydrogen) atoms. The number of amides is 1. The monoisotopic (exact) mass is 508 g/mol. The van der Waals surface area contributed by atoms with Gasteiger partial charge in [0.05, 0.1) is 12.4 Å². The molecule has 1 fully saturated rings. The number of aliphatic hydroxyl groups is 3. The van der Waals surface area contributed by atoms with Crippen LogP contribution in [0.5, 0.6) is 5.75 Å². The van der Waals surface area contributed by atoms with Gasteiger partial charge in [-0.25, -0.2) is 12.7 Å². The standard InChI is InChI=1S/C24H32N2O8S/c1-14-7-5-10-18(20(14)17-9-6-8-16(11-17)13-35(31,32)26(3)4)33-24-21(25-15(2)28)23(30)22(29)19(12-27)34-24/h5-11,19,21-24,27,29-30H,12-13H2,1-4H3,(H,25,28)/t19-,21-,22+,23-,24-/m1/s1. The molecule has 10 nitrogen and oxygen atoms in total. The summed E-state index contributed by atoms with van der Waals surface area (Å²) in [5, 5.41) is 32.9. The Kier molecular flexibility index (Phi) is 8.52. The van der Waals surface area contributed by atoms with Gasteiger partial charge in [0.25, 0.3) is 0 Å². The molecule has 1 amide bonds. The first kappa shape index (κ1) is 27.1. The fraction of sp³-hybridized carbons (Fsp3) is 0.458. The Labute approximate surface area is 205 Å². The largest absolute Gasteiger partial charge is 0.462 e. The Bertz CT molecular complexity index is 1150. The van der Waals surface area contributed by atoms with Gasteiger partial charge in [-0.1, -0.05) is 30.3 Å². The SMILES string of the molecule is CC(=O)N[C@H]1[C@H](Oc2cccc(C)c2-c2cccc(CS(=O)(=O)N(C)C)c2)O[C@H](CO)[C@H](O)[C@@H]1O. The maximum absolute atomic E-state index is 12.4. The number of aryl methyl sites for hydroxylation is 1. The van der Waals surface area contributed by atoms with Gasteiger partial charge >= 0.3 is 0 Å². The van der Waals surface area contributed by atoms with Crippen LogP contribution in [0.15, 0.2) is 42.5 Å². The number of hydrogen-bond acceptors (Lipinski definition) is 8. The average Bonchev–Trinajstić information content (AvgIpc) is 2.78. The Morgan fingerprint density at radius 3 is 2.46 bits per heavy atom. The van der Waals surface area contributed by atoms with Crippen molar-refractivity contribution in [1.82, 2.24) is 9.62 Å². The minimum absolute atomic E-state index is 0.172. The van der Waals surface area contributed by atoms with Crippen molar-refractivity contribution in [2.45, 2.75) is 50.2 Å². The van der Waals surface area contributed by atoms with Gasteiger partial charge in [0.1, 0.15) is 30.1 Å². The summed E-state index contributed by atoms with van der Waals surface area (Å²) in [7, 11) is -0.507. The molecule has 192 valence electrons. The average molecular weight is 509 g/mol. The Morgan fingerprint density at radius 2 is 1.83 bits per heavy atom. The highest BCUT2D eigenvalue weighted by atomic mass is 32.2. The second-order valence-corrected chi connectivity index (χ2v) is 10.9. The van der Waals surface area contributed by atoms with Crippen molar-refractivity contribution in [3.63, 3.8) is 0 Å². The second-order valence-electron chi connectivity index (χ2n) is 8.74. The second kappa shape index (κ2) is 11.0. The molecule has 1 heterocycles. The van der Waals surface area contributed by atoms with Crippen molar-refractivity contribution in [2.24, 2.45) is 0 Å². The molecule has 0 radical (unpaired) electrons. The predicted molar refractivity (Wildman–Crippen MR) is 129 cm³/mol. The molecular formula is C24H32N2O8S. The van der Waals surface area contributed by atoms with Crippen LogP contribution in [0.25, 0.3) is 11.1 Å². The third kappa shape index (κ3) is 6.18. The lowest BCUT2D eigenvalue weighted by Gasteiger charge is -2.42. The molecule has 1 aliphatic heterocycles. The van der Waals surface area contributed by atoms with E-state index in [1.54, 1.807) is 30.3 Å². The number of rotatable bonds is 8. The first-order valence-corrected chi connectivity index (χ1v) is 12.7. The molecule has 2 aromatic carbocycles. The highest BCUT2D eigenvalue weighted by Crippen LogP contribution is 2.36. The van der Waals surface area contributed by atoms with E-state index in [1.807, 2.05) is 19.1 Å². The maximum Gasteiger partial charge on any atom is 0.223 e. The van der Waals surface area contributed by atoms with Crippen LogP contribution in [-0.2, 0) is 25.3 Å². The van der Waals surface area contributed by atoms with Crippen LogP contribution in [0.1, 0.15) is 18.1 Å². The smallest absolute Gasteiger partial charge is 0.223 e. The van der Waals surface area contributed by atoms with Gasteiger partial charge < -0.3 is 30.1 Å². The number of carbonyl (C=O) groups excluding carboxylic acids is 1. The van der Waals surface area contributed by atoms with Crippen LogP contribution in [0.3, 0.4) is 0 Å². The molecule has 0 saturated carbocycles. The van der Waals surface area contributed by atoms with Gasteiger partial charge in [0.2, 0.25) is 22.2 Å². The van der Waals surface area contributed by atoms with E-state index in [2.05, 4.69) is 5.32 Å². The Morgan fingerprint density at radius 1 is 1.14 bits per heavy atom. The van der Waals surface area contributed by atoms with E-state index >= 15 is 0 Å². The molecule has 3 rings (SSSR count). The minimum atomic E-state index is -3.47. The summed E-state index contributed by atoms with van der Waals surface area (Å²) in [5.74, 6) is -0.271. The lowest BCUT2D eigenvalue weighted by Crippen LogP contribution is -2.65. The zero-order valence-corrected chi connectivity index (χ0v) is 20.9. The van der Waals surface area contributed by atoms with Gasteiger partial charge in [-0.3, -0.25) is 4.79 Å². The van der Waals surface area contributed by atoms with Gasteiger partial charge in [-0.05, 0) is 35.7 Å². The first-order valence-electron chi connectivity index (χ1n) is 11.1. The molecule has 2 aromatic rings. The van der Waals surface area contributed by atoms with Crippen LogP contribution < -0.4 is 10.1 Å². The van der Waals surface area contributed by atoms with Crippen molar-refractivity contribution in [3.05, 3.63) is 53.6 Å². The topological polar surface area (TPSA) is 146 Å². The van der Waals surface area contributed by atoms with E-state index in [9.17, 15) is 28.5 Å². The van der Waals surface area contributed by atoms with Gasteiger partial charge in [-0.2, -0.15) is 0 Å². The van der Waals surface area contributed by atoms with Crippen LogP contribution in [0, 0.1) is 6.92 Å². The van der Waals surface area contributed by atoms with E-state index < -0.39 is 53.2 Å². The summed E-state index contributed by atoms with van der Waals surface area (Å²) < 4.78 is 37.7. The summed E-state index contributed by atoms with van der Waals surface area (Å²) in [5.41, 5.74) is 2.80.